The van der Waals surface area contributed by atoms with Gasteiger partial charge < -0.3 is 10.6 Å². The SMILES string of the molecule is CC1=C(C(=O)Nc2ccccc2C)C(c2cccc(C(F)(F)F)c2)C2=C(CCCC2=O)N1. The summed E-state index contributed by atoms with van der Waals surface area (Å²) in [6, 6.07) is 12.1. The zero-order valence-electron chi connectivity index (χ0n) is 17.8. The third kappa shape index (κ3) is 4.07. The number of hydrogen-bond donors (Lipinski definition) is 2. The topological polar surface area (TPSA) is 58.2 Å². The molecule has 166 valence electrons. The zero-order chi connectivity index (χ0) is 23.0. The summed E-state index contributed by atoms with van der Waals surface area (Å²) >= 11 is 0. The summed E-state index contributed by atoms with van der Waals surface area (Å²) in [7, 11) is 0. The van der Waals surface area contributed by atoms with Crippen LogP contribution in [0.15, 0.2) is 71.1 Å². The summed E-state index contributed by atoms with van der Waals surface area (Å²) in [5.41, 5.74) is 2.79. The van der Waals surface area contributed by atoms with E-state index in [1.54, 1.807) is 25.1 Å². The van der Waals surface area contributed by atoms with Crippen LogP contribution in [0.1, 0.15) is 48.8 Å². The number of nitrogens with one attached hydrogen (secondary N) is 2. The maximum absolute atomic E-state index is 13.4. The van der Waals surface area contributed by atoms with Crippen molar-refractivity contribution >= 4 is 17.4 Å². The number of rotatable bonds is 3. The van der Waals surface area contributed by atoms with Gasteiger partial charge in [0, 0.05) is 40.6 Å². The molecular formula is C25H23F3N2O2. The molecule has 0 saturated heterocycles. The fourth-order valence-electron chi connectivity index (χ4n) is 4.41. The molecular weight excluding hydrogens is 417 g/mol. The van der Waals surface area contributed by atoms with Gasteiger partial charge in [0.05, 0.1) is 5.56 Å². The fraction of sp³-hybridized carbons (Fsp3) is 0.280. The monoisotopic (exact) mass is 440 g/mol. The van der Waals surface area contributed by atoms with Crippen LogP contribution in [0.2, 0.25) is 0 Å². The minimum Gasteiger partial charge on any atom is -0.362 e. The first kappa shape index (κ1) is 21.9. The van der Waals surface area contributed by atoms with Gasteiger partial charge >= 0.3 is 6.18 Å². The summed E-state index contributed by atoms with van der Waals surface area (Å²) in [4.78, 5) is 26.3. The van der Waals surface area contributed by atoms with Gasteiger partial charge in [-0.2, -0.15) is 13.2 Å². The number of benzene rings is 2. The first-order valence-corrected chi connectivity index (χ1v) is 10.4. The lowest BCUT2D eigenvalue weighted by Gasteiger charge is -2.34. The largest absolute Gasteiger partial charge is 0.416 e. The van der Waals surface area contributed by atoms with Gasteiger partial charge in [-0.05, 0) is 49.9 Å². The Bertz CT molecular complexity index is 1160. The molecule has 7 heteroatoms. The Morgan fingerprint density at radius 2 is 1.81 bits per heavy atom. The number of hydrogen-bond acceptors (Lipinski definition) is 3. The van der Waals surface area contributed by atoms with Crippen LogP contribution in [0.3, 0.4) is 0 Å². The van der Waals surface area contributed by atoms with E-state index in [1.807, 2.05) is 19.1 Å². The highest BCUT2D eigenvalue weighted by Crippen LogP contribution is 2.43. The Morgan fingerprint density at radius 1 is 1.06 bits per heavy atom. The smallest absolute Gasteiger partial charge is 0.362 e. The second kappa shape index (κ2) is 8.30. The molecule has 0 saturated carbocycles. The summed E-state index contributed by atoms with van der Waals surface area (Å²) < 4.78 is 40.3. The number of para-hydroxylation sites is 1. The van der Waals surface area contributed by atoms with E-state index in [1.165, 1.54) is 6.07 Å². The lowest BCUT2D eigenvalue weighted by Crippen LogP contribution is -2.35. The molecule has 0 bridgehead atoms. The Kier molecular flexibility index (Phi) is 5.67. The van der Waals surface area contributed by atoms with Crippen molar-refractivity contribution < 1.29 is 22.8 Å². The van der Waals surface area contributed by atoms with Gasteiger partial charge in [-0.25, -0.2) is 0 Å². The number of amides is 1. The quantitative estimate of drug-likeness (QED) is 0.651. The Morgan fingerprint density at radius 3 is 2.53 bits per heavy atom. The highest BCUT2D eigenvalue weighted by molar-refractivity contribution is 6.10. The molecule has 2 N–H and O–H groups in total. The molecule has 1 aliphatic heterocycles. The third-order valence-electron chi connectivity index (χ3n) is 5.96. The average Bonchev–Trinajstić information content (AvgIpc) is 2.74. The van der Waals surface area contributed by atoms with E-state index in [0.717, 1.165) is 17.7 Å². The third-order valence-corrected chi connectivity index (χ3v) is 5.96. The van der Waals surface area contributed by atoms with E-state index in [9.17, 15) is 22.8 Å². The summed E-state index contributed by atoms with van der Waals surface area (Å²) in [6.45, 7) is 3.57. The van der Waals surface area contributed by atoms with Crippen molar-refractivity contribution in [2.45, 2.75) is 45.2 Å². The maximum Gasteiger partial charge on any atom is 0.416 e. The molecule has 4 rings (SSSR count). The number of alkyl halides is 3. The molecule has 1 unspecified atom stereocenters. The standard InChI is InChI=1S/C25H23F3N2O2/c1-14-7-3-4-10-18(14)30-24(32)21-15(2)29-19-11-6-12-20(31)23(19)22(21)16-8-5-9-17(13-16)25(26,27)28/h3-5,7-10,13,22,29H,6,11-12H2,1-2H3,(H,30,32). The molecule has 0 radical (unpaired) electrons. The number of anilines is 1. The van der Waals surface area contributed by atoms with Crippen LogP contribution in [0.25, 0.3) is 0 Å². The van der Waals surface area contributed by atoms with E-state index in [0.29, 0.717) is 41.9 Å². The molecule has 2 aromatic carbocycles. The van der Waals surface area contributed by atoms with E-state index in [-0.39, 0.29) is 16.9 Å². The molecule has 1 heterocycles. The van der Waals surface area contributed by atoms with Crippen LogP contribution in [-0.4, -0.2) is 11.7 Å². The molecule has 1 atom stereocenters. The second-order valence-corrected chi connectivity index (χ2v) is 8.16. The van der Waals surface area contributed by atoms with Crippen LogP contribution in [0, 0.1) is 6.92 Å². The number of aryl methyl sites for hydroxylation is 1. The Balaban J connectivity index is 1.83. The number of carbonyl (C=O) groups excluding carboxylic acids is 2. The molecule has 0 spiro atoms. The van der Waals surface area contributed by atoms with Crippen molar-refractivity contribution in [1.29, 1.82) is 0 Å². The molecule has 2 aliphatic rings. The molecule has 1 aliphatic carbocycles. The first-order valence-electron chi connectivity index (χ1n) is 10.4. The Hall–Kier alpha value is -3.35. The predicted octanol–water partition coefficient (Wildman–Crippen LogP) is 5.62. The van der Waals surface area contributed by atoms with Gasteiger partial charge in [0.1, 0.15) is 0 Å². The second-order valence-electron chi connectivity index (χ2n) is 8.16. The summed E-state index contributed by atoms with van der Waals surface area (Å²) in [6.07, 6.45) is -2.95. The maximum atomic E-state index is 13.4. The number of carbonyl (C=O) groups is 2. The zero-order valence-corrected chi connectivity index (χ0v) is 17.8. The molecule has 1 amide bonds. The van der Waals surface area contributed by atoms with Crippen molar-refractivity contribution in [2.75, 3.05) is 5.32 Å². The number of ketones is 1. The van der Waals surface area contributed by atoms with Crippen LogP contribution >= 0.6 is 0 Å². The highest BCUT2D eigenvalue weighted by atomic mass is 19.4. The number of dihydropyridines is 1. The Labute approximate surface area is 184 Å². The molecule has 32 heavy (non-hydrogen) atoms. The van der Waals surface area contributed by atoms with Gasteiger partial charge in [-0.15, -0.1) is 0 Å². The normalized spacial score (nSPS) is 18.9. The van der Waals surface area contributed by atoms with Gasteiger partial charge in [-0.3, -0.25) is 9.59 Å². The van der Waals surface area contributed by atoms with Crippen LogP contribution in [-0.2, 0) is 15.8 Å². The van der Waals surface area contributed by atoms with Gasteiger partial charge in [0.2, 0.25) is 0 Å². The van der Waals surface area contributed by atoms with Crippen molar-refractivity contribution in [1.82, 2.24) is 5.32 Å². The molecule has 0 aromatic heterocycles. The van der Waals surface area contributed by atoms with Crippen molar-refractivity contribution in [3.8, 4) is 0 Å². The van der Waals surface area contributed by atoms with E-state index in [4.69, 9.17) is 0 Å². The van der Waals surface area contributed by atoms with Crippen molar-refractivity contribution in [3.63, 3.8) is 0 Å². The van der Waals surface area contributed by atoms with Gasteiger partial charge in [0.25, 0.3) is 5.91 Å². The molecule has 0 fully saturated rings. The number of halogens is 3. The van der Waals surface area contributed by atoms with Crippen molar-refractivity contribution in [2.24, 2.45) is 0 Å². The van der Waals surface area contributed by atoms with Crippen molar-refractivity contribution in [3.05, 3.63) is 87.8 Å². The van der Waals surface area contributed by atoms with E-state index < -0.39 is 23.6 Å². The molecule has 4 nitrogen and oxygen atoms in total. The van der Waals surface area contributed by atoms with Crippen LogP contribution < -0.4 is 10.6 Å². The molecule has 2 aromatic rings. The number of allylic oxidation sites excluding steroid dienone is 3. The lowest BCUT2D eigenvalue weighted by atomic mass is 9.74. The first-order chi connectivity index (χ1) is 15.2. The highest BCUT2D eigenvalue weighted by Gasteiger charge is 2.39. The fourth-order valence-corrected chi connectivity index (χ4v) is 4.41. The van der Waals surface area contributed by atoms with E-state index in [2.05, 4.69) is 10.6 Å². The summed E-state index contributed by atoms with van der Waals surface area (Å²) in [5, 5.41) is 6.05. The minimum absolute atomic E-state index is 0.144. The predicted molar refractivity (Wildman–Crippen MR) is 116 cm³/mol. The van der Waals surface area contributed by atoms with Crippen LogP contribution in [0.4, 0.5) is 18.9 Å². The van der Waals surface area contributed by atoms with Gasteiger partial charge in [-0.1, -0.05) is 36.4 Å². The van der Waals surface area contributed by atoms with E-state index >= 15 is 0 Å². The van der Waals surface area contributed by atoms with Gasteiger partial charge in [0.15, 0.2) is 5.78 Å². The summed E-state index contributed by atoms with van der Waals surface area (Å²) in [5.74, 6) is -1.46. The average molecular weight is 440 g/mol. The minimum atomic E-state index is -4.53. The lowest BCUT2D eigenvalue weighted by molar-refractivity contribution is -0.137. The number of Topliss-reactive ketones (excluding diaryl/α,β-unsaturated/α-hetero) is 1. The van der Waals surface area contributed by atoms with Crippen LogP contribution in [0.5, 0.6) is 0 Å².